The van der Waals surface area contributed by atoms with Crippen LogP contribution in [-0.2, 0) is 0 Å². The second-order valence-electron chi connectivity index (χ2n) is 3.96. The van der Waals surface area contributed by atoms with Crippen molar-refractivity contribution in [2.24, 2.45) is 0 Å². The number of hydrogen-bond donors (Lipinski definition) is 1. The Labute approximate surface area is 111 Å². The van der Waals surface area contributed by atoms with Gasteiger partial charge < -0.3 is 10.5 Å². The molecule has 0 spiro atoms. The van der Waals surface area contributed by atoms with Gasteiger partial charge in [-0.2, -0.15) is 0 Å². The molecular weight excluding hydrogens is 250 g/mol. The normalized spacial score (nSPS) is 10.4. The first kappa shape index (κ1) is 12.6. The molecule has 0 atom stereocenters. The van der Waals surface area contributed by atoms with E-state index < -0.39 is 0 Å². The van der Waals surface area contributed by atoms with Gasteiger partial charge >= 0.3 is 0 Å². The fourth-order valence-corrected chi connectivity index (χ4v) is 2.12. The molecular formula is C13H14ClN3O. The highest BCUT2D eigenvalue weighted by atomic mass is 35.5. The Morgan fingerprint density at radius 2 is 1.94 bits per heavy atom. The third-order valence-electron chi connectivity index (χ3n) is 2.66. The van der Waals surface area contributed by atoms with Crippen molar-refractivity contribution >= 4 is 17.4 Å². The van der Waals surface area contributed by atoms with Crippen LogP contribution in [-0.4, -0.2) is 17.1 Å². The van der Waals surface area contributed by atoms with Gasteiger partial charge in [-0.15, -0.1) is 0 Å². The summed E-state index contributed by atoms with van der Waals surface area (Å²) in [5.74, 6) is 1.77. The molecule has 0 aliphatic carbocycles. The Morgan fingerprint density at radius 1 is 1.22 bits per heavy atom. The standard InChI is InChI=1S/C13H14ClN3O/c1-7-12(13(15)17-8(2)16-7)10-6-9(14)4-5-11(10)18-3/h4-6H,1-3H3,(H2,15,16,17). The van der Waals surface area contributed by atoms with Gasteiger partial charge in [0.05, 0.1) is 12.8 Å². The van der Waals surface area contributed by atoms with Crippen LogP contribution < -0.4 is 10.5 Å². The summed E-state index contributed by atoms with van der Waals surface area (Å²) in [6.45, 7) is 3.70. The number of halogens is 1. The van der Waals surface area contributed by atoms with Crippen molar-refractivity contribution in [3.05, 3.63) is 34.7 Å². The molecule has 94 valence electrons. The average Bonchev–Trinajstić information content (AvgIpc) is 2.28. The fraction of sp³-hybridized carbons (Fsp3) is 0.231. The molecule has 0 fully saturated rings. The molecule has 5 heteroatoms. The third-order valence-corrected chi connectivity index (χ3v) is 2.90. The van der Waals surface area contributed by atoms with Crippen LogP contribution >= 0.6 is 11.6 Å². The lowest BCUT2D eigenvalue weighted by Crippen LogP contribution is -2.03. The Morgan fingerprint density at radius 3 is 2.56 bits per heavy atom. The third kappa shape index (κ3) is 2.24. The van der Waals surface area contributed by atoms with Crippen LogP contribution in [0, 0.1) is 13.8 Å². The molecule has 2 aromatic rings. The summed E-state index contributed by atoms with van der Waals surface area (Å²) in [6.07, 6.45) is 0. The molecule has 1 heterocycles. The van der Waals surface area contributed by atoms with E-state index in [0.29, 0.717) is 22.4 Å². The number of anilines is 1. The summed E-state index contributed by atoms with van der Waals surface area (Å²) >= 11 is 6.02. The zero-order valence-corrected chi connectivity index (χ0v) is 11.2. The molecule has 2 rings (SSSR count). The van der Waals surface area contributed by atoms with Crippen LogP contribution in [0.4, 0.5) is 5.82 Å². The minimum absolute atomic E-state index is 0.431. The Bertz CT molecular complexity index is 576. The molecule has 0 aliphatic heterocycles. The number of aryl methyl sites for hydroxylation is 2. The van der Waals surface area contributed by atoms with E-state index in [0.717, 1.165) is 16.8 Å². The van der Waals surface area contributed by atoms with Gasteiger partial charge in [-0.3, -0.25) is 0 Å². The maximum Gasteiger partial charge on any atom is 0.135 e. The van der Waals surface area contributed by atoms with Crippen LogP contribution in [0.25, 0.3) is 11.1 Å². The Hall–Kier alpha value is -1.81. The maximum atomic E-state index is 6.02. The van der Waals surface area contributed by atoms with E-state index in [1.165, 1.54) is 0 Å². The summed E-state index contributed by atoms with van der Waals surface area (Å²) in [6, 6.07) is 5.37. The van der Waals surface area contributed by atoms with Gasteiger partial charge in [0.1, 0.15) is 17.4 Å². The summed E-state index contributed by atoms with van der Waals surface area (Å²) in [4.78, 5) is 8.51. The van der Waals surface area contributed by atoms with Crippen LogP contribution in [0.2, 0.25) is 5.02 Å². The number of methoxy groups -OCH3 is 1. The number of rotatable bonds is 2. The first-order valence-corrected chi connectivity index (χ1v) is 5.85. The largest absolute Gasteiger partial charge is 0.496 e. The monoisotopic (exact) mass is 263 g/mol. The van der Waals surface area contributed by atoms with E-state index in [1.807, 2.05) is 13.8 Å². The minimum atomic E-state index is 0.431. The zero-order chi connectivity index (χ0) is 13.3. The van der Waals surface area contributed by atoms with Crippen molar-refractivity contribution in [2.45, 2.75) is 13.8 Å². The van der Waals surface area contributed by atoms with Gasteiger partial charge in [-0.1, -0.05) is 11.6 Å². The van der Waals surface area contributed by atoms with Crippen molar-refractivity contribution in [3.63, 3.8) is 0 Å². The molecule has 0 saturated carbocycles. The maximum absolute atomic E-state index is 6.02. The lowest BCUT2D eigenvalue weighted by atomic mass is 10.0. The van der Waals surface area contributed by atoms with E-state index in [4.69, 9.17) is 22.1 Å². The van der Waals surface area contributed by atoms with Crippen molar-refractivity contribution in [1.29, 1.82) is 0 Å². The number of nitrogen functional groups attached to an aromatic ring is 1. The fourth-order valence-electron chi connectivity index (χ4n) is 1.95. The summed E-state index contributed by atoms with van der Waals surface area (Å²) in [5.41, 5.74) is 8.35. The minimum Gasteiger partial charge on any atom is -0.496 e. The van der Waals surface area contributed by atoms with Crippen molar-refractivity contribution in [2.75, 3.05) is 12.8 Å². The molecule has 1 aromatic carbocycles. The number of nitrogens with two attached hydrogens (primary N) is 1. The van der Waals surface area contributed by atoms with Crippen LogP contribution in [0.3, 0.4) is 0 Å². The number of ether oxygens (including phenoxy) is 1. The first-order valence-electron chi connectivity index (χ1n) is 5.47. The topological polar surface area (TPSA) is 61.0 Å². The molecule has 4 nitrogen and oxygen atoms in total. The predicted molar refractivity (Wildman–Crippen MR) is 72.9 cm³/mol. The predicted octanol–water partition coefficient (Wildman–Crippen LogP) is 3.00. The number of benzene rings is 1. The van der Waals surface area contributed by atoms with Gasteiger partial charge in [-0.25, -0.2) is 9.97 Å². The van der Waals surface area contributed by atoms with Crippen LogP contribution in [0.5, 0.6) is 5.75 Å². The molecule has 1 aromatic heterocycles. The van der Waals surface area contributed by atoms with Crippen LogP contribution in [0.15, 0.2) is 18.2 Å². The molecule has 0 bridgehead atoms. The molecule has 0 saturated heterocycles. The van der Waals surface area contributed by atoms with E-state index >= 15 is 0 Å². The van der Waals surface area contributed by atoms with Gasteiger partial charge in [0.2, 0.25) is 0 Å². The zero-order valence-electron chi connectivity index (χ0n) is 10.5. The van der Waals surface area contributed by atoms with Crippen molar-refractivity contribution in [3.8, 4) is 16.9 Å². The van der Waals surface area contributed by atoms with Crippen molar-refractivity contribution < 1.29 is 4.74 Å². The smallest absolute Gasteiger partial charge is 0.135 e. The highest BCUT2D eigenvalue weighted by Crippen LogP contribution is 2.36. The SMILES string of the molecule is COc1ccc(Cl)cc1-c1c(C)nc(C)nc1N. The number of aromatic nitrogens is 2. The van der Waals surface area contributed by atoms with Crippen LogP contribution in [0.1, 0.15) is 11.5 Å². The molecule has 0 unspecified atom stereocenters. The van der Waals surface area contributed by atoms with Gasteiger partial charge in [0.25, 0.3) is 0 Å². The molecule has 2 N–H and O–H groups in total. The summed E-state index contributed by atoms with van der Waals surface area (Å²) in [7, 11) is 1.60. The number of nitrogens with zero attached hydrogens (tertiary/aromatic N) is 2. The second-order valence-corrected chi connectivity index (χ2v) is 4.40. The van der Waals surface area contributed by atoms with Gasteiger partial charge in [-0.05, 0) is 32.0 Å². The molecule has 18 heavy (non-hydrogen) atoms. The van der Waals surface area contributed by atoms with E-state index in [-0.39, 0.29) is 0 Å². The lowest BCUT2D eigenvalue weighted by Gasteiger charge is -2.13. The molecule has 0 radical (unpaired) electrons. The highest BCUT2D eigenvalue weighted by Gasteiger charge is 2.14. The first-order chi connectivity index (χ1) is 8.52. The highest BCUT2D eigenvalue weighted by molar-refractivity contribution is 6.31. The molecule has 0 amide bonds. The summed E-state index contributed by atoms with van der Waals surface area (Å²) < 4.78 is 5.33. The van der Waals surface area contributed by atoms with E-state index in [1.54, 1.807) is 25.3 Å². The quantitative estimate of drug-likeness (QED) is 0.905. The van der Waals surface area contributed by atoms with Crippen molar-refractivity contribution in [1.82, 2.24) is 9.97 Å². The molecule has 0 aliphatic rings. The van der Waals surface area contributed by atoms with E-state index in [9.17, 15) is 0 Å². The lowest BCUT2D eigenvalue weighted by molar-refractivity contribution is 0.416. The Kier molecular flexibility index (Phi) is 3.39. The van der Waals surface area contributed by atoms with E-state index in [2.05, 4.69) is 9.97 Å². The second kappa shape index (κ2) is 4.82. The average molecular weight is 264 g/mol. The Balaban J connectivity index is 2.72. The summed E-state index contributed by atoms with van der Waals surface area (Å²) in [5, 5.41) is 0.616. The number of hydrogen-bond acceptors (Lipinski definition) is 4. The van der Waals surface area contributed by atoms with Gasteiger partial charge in [0.15, 0.2) is 0 Å². The van der Waals surface area contributed by atoms with Gasteiger partial charge in [0, 0.05) is 16.1 Å².